The van der Waals surface area contributed by atoms with E-state index < -0.39 is 21.9 Å². The van der Waals surface area contributed by atoms with E-state index in [1.165, 1.54) is 15.3 Å². The Morgan fingerprint density at radius 1 is 1.08 bits per heavy atom. The molecule has 2 aromatic rings. The van der Waals surface area contributed by atoms with Crippen LogP contribution in [-0.2, 0) is 26.2 Å². The summed E-state index contributed by atoms with van der Waals surface area (Å²) < 4.78 is 40.8. The molecule has 0 aromatic heterocycles. The lowest BCUT2D eigenvalue weighted by Gasteiger charge is -2.30. The lowest BCUT2D eigenvalue weighted by atomic mass is 10.1. The molecule has 1 unspecified atom stereocenters. The first kappa shape index (κ1) is 29.3. The summed E-state index contributed by atoms with van der Waals surface area (Å²) in [6, 6.07) is 10.9. The number of amides is 2. The van der Waals surface area contributed by atoms with Gasteiger partial charge in [0.25, 0.3) is 0 Å². The van der Waals surface area contributed by atoms with Crippen molar-refractivity contribution in [1.29, 1.82) is 0 Å². The van der Waals surface area contributed by atoms with Crippen molar-refractivity contribution in [1.82, 2.24) is 10.2 Å². The highest BCUT2D eigenvalue weighted by atomic mass is 32.2. The number of rotatable bonds is 13. The van der Waals surface area contributed by atoms with Gasteiger partial charge in [0, 0.05) is 31.6 Å². The van der Waals surface area contributed by atoms with Crippen LogP contribution < -0.4 is 9.62 Å². The lowest BCUT2D eigenvalue weighted by molar-refractivity contribution is -0.140. The molecule has 0 spiro atoms. The molecule has 9 heteroatoms. The minimum atomic E-state index is -3.58. The van der Waals surface area contributed by atoms with Gasteiger partial charge in [-0.2, -0.15) is 0 Å². The highest BCUT2D eigenvalue weighted by molar-refractivity contribution is 7.92. The van der Waals surface area contributed by atoms with E-state index in [0.29, 0.717) is 17.8 Å². The quantitative estimate of drug-likeness (QED) is 0.399. The fraction of sp³-hybridized carbons (Fsp3) is 0.481. The zero-order chi connectivity index (χ0) is 26.9. The number of sulfonamides is 1. The van der Waals surface area contributed by atoms with Crippen LogP contribution in [0, 0.1) is 19.7 Å². The van der Waals surface area contributed by atoms with Gasteiger partial charge in [0.1, 0.15) is 11.9 Å². The SMILES string of the molecule is CCCCNC(=O)C(C)N(Cc1ccccc1F)C(=O)CCCN(c1cc(C)ccc1C)S(C)(=O)=O. The van der Waals surface area contributed by atoms with Gasteiger partial charge in [-0.25, -0.2) is 12.8 Å². The first-order chi connectivity index (χ1) is 17.0. The molecule has 0 aliphatic heterocycles. The Morgan fingerprint density at radius 2 is 1.78 bits per heavy atom. The maximum absolute atomic E-state index is 14.4. The molecule has 2 rings (SSSR count). The van der Waals surface area contributed by atoms with Crippen molar-refractivity contribution >= 4 is 27.5 Å². The van der Waals surface area contributed by atoms with Crippen LogP contribution in [0.5, 0.6) is 0 Å². The highest BCUT2D eigenvalue weighted by Crippen LogP contribution is 2.25. The third-order valence-electron chi connectivity index (χ3n) is 6.08. The molecule has 7 nitrogen and oxygen atoms in total. The van der Waals surface area contributed by atoms with Gasteiger partial charge >= 0.3 is 0 Å². The molecule has 2 amide bonds. The molecule has 1 N–H and O–H groups in total. The van der Waals surface area contributed by atoms with E-state index in [-0.39, 0.29) is 37.7 Å². The number of carbonyl (C=O) groups is 2. The molecule has 0 heterocycles. The second-order valence-corrected chi connectivity index (χ2v) is 11.1. The number of halogens is 1. The number of hydrogen-bond acceptors (Lipinski definition) is 4. The van der Waals surface area contributed by atoms with Gasteiger partial charge in [-0.15, -0.1) is 0 Å². The number of benzene rings is 2. The largest absolute Gasteiger partial charge is 0.354 e. The fourth-order valence-corrected chi connectivity index (χ4v) is 4.91. The van der Waals surface area contributed by atoms with Crippen molar-refractivity contribution in [3.05, 3.63) is 65.0 Å². The van der Waals surface area contributed by atoms with Crippen molar-refractivity contribution in [2.75, 3.05) is 23.7 Å². The predicted molar refractivity (Wildman–Crippen MR) is 142 cm³/mol. The van der Waals surface area contributed by atoms with E-state index in [9.17, 15) is 22.4 Å². The summed E-state index contributed by atoms with van der Waals surface area (Å²) in [4.78, 5) is 27.4. The van der Waals surface area contributed by atoms with E-state index in [4.69, 9.17) is 0 Å². The Hall–Kier alpha value is -2.94. The van der Waals surface area contributed by atoms with Crippen LogP contribution >= 0.6 is 0 Å². The van der Waals surface area contributed by atoms with Crippen LogP contribution in [0.25, 0.3) is 0 Å². The number of carbonyl (C=O) groups excluding carboxylic acids is 2. The molecule has 0 saturated heterocycles. The molecule has 1 atom stereocenters. The molecule has 36 heavy (non-hydrogen) atoms. The Labute approximate surface area is 214 Å². The van der Waals surface area contributed by atoms with Gasteiger partial charge in [0.15, 0.2) is 0 Å². The standard InChI is InChI=1S/C27H38FN3O4S/c1-6-7-16-29-27(33)22(4)30(19-23-11-8-9-12-24(23)28)26(32)13-10-17-31(36(5,34)35)25-18-20(2)14-15-21(25)3/h8-9,11-12,14-15,18,22H,6-7,10,13,16-17,19H2,1-5H3,(H,29,33). The topological polar surface area (TPSA) is 86.8 Å². The summed E-state index contributed by atoms with van der Waals surface area (Å²) in [5.74, 6) is -1.10. The van der Waals surface area contributed by atoms with E-state index >= 15 is 0 Å². The average molecular weight is 520 g/mol. The Balaban J connectivity index is 2.19. The molecule has 0 saturated carbocycles. The summed E-state index contributed by atoms with van der Waals surface area (Å²) in [5.41, 5.74) is 2.64. The van der Waals surface area contributed by atoms with Crippen LogP contribution in [0.2, 0.25) is 0 Å². The summed E-state index contributed by atoms with van der Waals surface area (Å²) in [5, 5.41) is 2.83. The third kappa shape index (κ3) is 8.33. The summed E-state index contributed by atoms with van der Waals surface area (Å²) >= 11 is 0. The zero-order valence-electron chi connectivity index (χ0n) is 21.9. The zero-order valence-corrected chi connectivity index (χ0v) is 22.7. The van der Waals surface area contributed by atoms with Crippen LogP contribution in [0.3, 0.4) is 0 Å². The van der Waals surface area contributed by atoms with Crippen LogP contribution in [0.15, 0.2) is 42.5 Å². The predicted octanol–water partition coefficient (Wildman–Crippen LogP) is 4.32. The van der Waals surface area contributed by atoms with Crippen LogP contribution in [0.4, 0.5) is 10.1 Å². The van der Waals surface area contributed by atoms with E-state index in [1.807, 2.05) is 39.0 Å². The van der Waals surface area contributed by atoms with Crippen molar-refractivity contribution in [3.8, 4) is 0 Å². The molecule has 0 fully saturated rings. The van der Waals surface area contributed by atoms with Crippen LogP contribution in [0.1, 0.15) is 56.2 Å². The van der Waals surface area contributed by atoms with Crippen molar-refractivity contribution < 1.29 is 22.4 Å². The first-order valence-corrected chi connectivity index (χ1v) is 14.2. The number of nitrogens with zero attached hydrogens (tertiary/aromatic N) is 2. The number of nitrogens with one attached hydrogen (secondary N) is 1. The Bertz CT molecular complexity index is 1150. The van der Waals surface area contributed by atoms with Crippen LogP contribution in [-0.4, -0.2) is 50.5 Å². The molecule has 0 aliphatic rings. The van der Waals surface area contributed by atoms with E-state index in [2.05, 4.69) is 5.32 Å². The monoisotopic (exact) mass is 519 g/mol. The second-order valence-electron chi connectivity index (χ2n) is 9.16. The molecule has 198 valence electrons. The van der Waals surface area contributed by atoms with Gasteiger partial charge in [-0.1, -0.05) is 43.7 Å². The molecule has 0 aliphatic carbocycles. The summed E-state index contributed by atoms with van der Waals surface area (Å²) in [6.45, 7) is 7.93. The Kier molecular flexibility index (Phi) is 10.9. The number of hydrogen-bond donors (Lipinski definition) is 1. The van der Waals surface area contributed by atoms with Gasteiger partial charge < -0.3 is 10.2 Å². The second kappa shape index (κ2) is 13.4. The van der Waals surface area contributed by atoms with Crippen molar-refractivity contribution in [2.24, 2.45) is 0 Å². The normalized spacial score (nSPS) is 12.2. The third-order valence-corrected chi connectivity index (χ3v) is 7.26. The highest BCUT2D eigenvalue weighted by Gasteiger charge is 2.27. The molecular formula is C27H38FN3O4S. The van der Waals surface area contributed by atoms with Gasteiger partial charge in [-0.05, 0) is 56.9 Å². The first-order valence-electron chi connectivity index (χ1n) is 12.3. The summed E-state index contributed by atoms with van der Waals surface area (Å²) in [7, 11) is -3.58. The summed E-state index contributed by atoms with van der Waals surface area (Å²) in [6.07, 6.45) is 3.14. The van der Waals surface area contributed by atoms with E-state index in [1.54, 1.807) is 25.1 Å². The van der Waals surface area contributed by atoms with Gasteiger partial charge in [-0.3, -0.25) is 13.9 Å². The fourth-order valence-electron chi connectivity index (χ4n) is 3.90. The molecule has 0 bridgehead atoms. The van der Waals surface area contributed by atoms with Gasteiger partial charge in [0.2, 0.25) is 21.8 Å². The minimum Gasteiger partial charge on any atom is -0.354 e. The number of anilines is 1. The van der Waals surface area contributed by atoms with Gasteiger partial charge in [0.05, 0.1) is 11.9 Å². The maximum Gasteiger partial charge on any atom is 0.242 e. The number of unbranched alkanes of at least 4 members (excludes halogenated alkanes) is 1. The van der Waals surface area contributed by atoms with E-state index in [0.717, 1.165) is 30.2 Å². The maximum atomic E-state index is 14.4. The smallest absolute Gasteiger partial charge is 0.242 e. The number of aryl methyl sites for hydroxylation is 2. The molecular weight excluding hydrogens is 481 g/mol. The minimum absolute atomic E-state index is 0.0118. The lowest BCUT2D eigenvalue weighted by Crippen LogP contribution is -2.48. The van der Waals surface area contributed by atoms with Crippen molar-refractivity contribution in [2.45, 2.75) is 66.0 Å². The average Bonchev–Trinajstić information content (AvgIpc) is 2.81. The Morgan fingerprint density at radius 3 is 2.42 bits per heavy atom. The molecule has 2 aromatic carbocycles. The van der Waals surface area contributed by atoms with Crippen molar-refractivity contribution in [3.63, 3.8) is 0 Å². The molecule has 0 radical (unpaired) electrons.